The maximum absolute atomic E-state index is 5.42. The van der Waals surface area contributed by atoms with Gasteiger partial charge in [0.2, 0.25) is 0 Å². The maximum Gasteiger partial charge on any atom is 0.191 e. The largest absolute Gasteiger partial charge is 0.469 e. The summed E-state index contributed by atoms with van der Waals surface area (Å²) >= 11 is 0. The zero-order valence-corrected chi connectivity index (χ0v) is 16.0. The molecule has 0 radical (unpaired) electrons. The van der Waals surface area contributed by atoms with Crippen molar-refractivity contribution in [2.24, 2.45) is 10.9 Å². The van der Waals surface area contributed by atoms with Gasteiger partial charge in [-0.3, -0.25) is 9.89 Å². The summed E-state index contributed by atoms with van der Waals surface area (Å²) < 4.78 is 5.42. The van der Waals surface area contributed by atoms with Gasteiger partial charge in [-0.25, -0.2) is 0 Å². The van der Waals surface area contributed by atoms with Gasteiger partial charge in [0.25, 0.3) is 0 Å². The molecule has 140 valence electrons. The second-order valence-electron chi connectivity index (χ2n) is 7.96. The van der Waals surface area contributed by atoms with Crippen molar-refractivity contribution >= 4 is 5.96 Å². The number of aliphatic imine (C=N–C) groups is 1. The summed E-state index contributed by atoms with van der Waals surface area (Å²) in [6.07, 6.45) is 7.77. The Morgan fingerprint density at radius 3 is 2.72 bits per heavy atom. The van der Waals surface area contributed by atoms with Crippen LogP contribution in [0.3, 0.4) is 0 Å². The molecule has 1 aliphatic heterocycles. The summed E-state index contributed by atoms with van der Waals surface area (Å²) in [5.74, 6) is 2.63. The van der Waals surface area contributed by atoms with Crippen LogP contribution < -0.4 is 10.6 Å². The average molecular weight is 347 g/mol. The molecule has 2 atom stereocenters. The van der Waals surface area contributed by atoms with Gasteiger partial charge in [0.1, 0.15) is 5.76 Å². The number of rotatable bonds is 6. The summed E-state index contributed by atoms with van der Waals surface area (Å²) in [5, 5.41) is 7.40. The highest BCUT2D eigenvalue weighted by molar-refractivity contribution is 5.80. The molecule has 2 aliphatic rings. The Labute approximate surface area is 152 Å². The highest BCUT2D eigenvalue weighted by Crippen LogP contribution is 2.20. The Balaban J connectivity index is 1.59. The second kappa shape index (κ2) is 8.75. The maximum atomic E-state index is 5.42. The van der Waals surface area contributed by atoms with Crippen LogP contribution in [0.2, 0.25) is 0 Å². The molecule has 1 saturated carbocycles. The van der Waals surface area contributed by atoms with Crippen molar-refractivity contribution in [2.45, 2.75) is 71.0 Å². The normalized spacial score (nSPS) is 25.8. The zero-order chi connectivity index (χ0) is 17.6. The molecule has 1 saturated heterocycles. The van der Waals surface area contributed by atoms with Crippen molar-refractivity contribution in [1.29, 1.82) is 0 Å². The molecule has 2 unspecified atom stereocenters. The van der Waals surface area contributed by atoms with E-state index < -0.39 is 0 Å². The van der Waals surface area contributed by atoms with Gasteiger partial charge in [0.05, 0.1) is 6.26 Å². The predicted molar refractivity (Wildman–Crippen MR) is 103 cm³/mol. The van der Waals surface area contributed by atoms with Gasteiger partial charge >= 0.3 is 0 Å². The molecular weight excluding hydrogens is 312 g/mol. The standard InChI is InChI=1S/C20H34N4O/c1-15(2)24-13-16(3)19(14-24)23-20(22-17-7-4-5-8-17)21-11-10-18-9-6-12-25-18/h6,9,12,15-17,19H,4-5,7-8,10-11,13-14H2,1-3H3,(H2,21,22,23). The highest BCUT2D eigenvalue weighted by atomic mass is 16.3. The molecule has 0 bridgehead atoms. The number of nitrogens with zero attached hydrogens (tertiary/aromatic N) is 2. The Morgan fingerprint density at radius 1 is 1.28 bits per heavy atom. The summed E-state index contributed by atoms with van der Waals surface area (Å²) in [4.78, 5) is 7.40. The molecule has 1 aromatic rings. The molecule has 5 heteroatoms. The van der Waals surface area contributed by atoms with E-state index in [1.54, 1.807) is 6.26 Å². The van der Waals surface area contributed by atoms with Gasteiger partial charge in [-0.15, -0.1) is 0 Å². The summed E-state index contributed by atoms with van der Waals surface area (Å²) in [6, 6.07) is 5.62. The fourth-order valence-electron chi connectivity index (χ4n) is 3.92. The van der Waals surface area contributed by atoms with Crippen molar-refractivity contribution in [3.8, 4) is 0 Å². The van der Waals surface area contributed by atoms with E-state index in [9.17, 15) is 0 Å². The van der Waals surface area contributed by atoms with Crippen molar-refractivity contribution in [2.75, 3.05) is 19.6 Å². The Morgan fingerprint density at radius 2 is 2.08 bits per heavy atom. The topological polar surface area (TPSA) is 52.8 Å². The molecule has 0 amide bonds. The molecule has 0 aromatic carbocycles. The first-order valence-corrected chi connectivity index (χ1v) is 9.95. The number of hydrogen-bond donors (Lipinski definition) is 2. The number of furan rings is 1. The minimum absolute atomic E-state index is 0.471. The van der Waals surface area contributed by atoms with Crippen LogP contribution in [0.4, 0.5) is 0 Å². The Kier molecular flexibility index (Phi) is 6.40. The number of nitrogens with one attached hydrogen (secondary N) is 2. The lowest BCUT2D eigenvalue weighted by molar-refractivity contribution is 0.265. The smallest absolute Gasteiger partial charge is 0.191 e. The minimum Gasteiger partial charge on any atom is -0.469 e. The second-order valence-corrected chi connectivity index (χ2v) is 7.96. The SMILES string of the molecule is CC1CN(C(C)C)CC1NC(=NCCc1ccco1)NC1CCCC1. The lowest BCUT2D eigenvalue weighted by atomic mass is 10.1. The highest BCUT2D eigenvalue weighted by Gasteiger charge is 2.31. The first-order valence-electron chi connectivity index (χ1n) is 9.95. The van der Waals surface area contributed by atoms with Crippen molar-refractivity contribution < 1.29 is 4.42 Å². The van der Waals surface area contributed by atoms with Gasteiger partial charge in [0.15, 0.2) is 5.96 Å². The van der Waals surface area contributed by atoms with Crippen LogP contribution in [0.5, 0.6) is 0 Å². The van der Waals surface area contributed by atoms with Gasteiger partial charge in [0, 0.05) is 44.2 Å². The van der Waals surface area contributed by atoms with E-state index in [-0.39, 0.29) is 0 Å². The van der Waals surface area contributed by atoms with E-state index >= 15 is 0 Å². The van der Waals surface area contributed by atoms with Crippen LogP contribution in [-0.4, -0.2) is 48.6 Å². The van der Waals surface area contributed by atoms with E-state index in [4.69, 9.17) is 9.41 Å². The molecule has 0 spiro atoms. The molecule has 3 rings (SSSR count). The van der Waals surface area contributed by atoms with E-state index in [2.05, 4.69) is 36.3 Å². The Hall–Kier alpha value is -1.49. The lowest BCUT2D eigenvalue weighted by Gasteiger charge is -2.24. The fourth-order valence-corrected chi connectivity index (χ4v) is 3.92. The van der Waals surface area contributed by atoms with E-state index in [0.29, 0.717) is 24.0 Å². The van der Waals surface area contributed by atoms with E-state index in [1.807, 2.05) is 12.1 Å². The molecule has 2 heterocycles. The summed E-state index contributed by atoms with van der Waals surface area (Å²) in [5.41, 5.74) is 0. The quantitative estimate of drug-likeness (QED) is 0.614. The van der Waals surface area contributed by atoms with Crippen LogP contribution >= 0.6 is 0 Å². The van der Waals surface area contributed by atoms with Crippen LogP contribution in [0.1, 0.15) is 52.2 Å². The molecule has 1 aliphatic carbocycles. The molecule has 2 N–H and O–H groups in total. The monoisotopic (exact) mass is 346 g/mol. The van der Waals surface area contributed by atoms with Gasteiger partial charge in [-0.2, -0.15) is 0 Å². The van der Waals surface area contributed by atoms with Crippen molar-refractivity contribution in [3.63, 3.8) is 0 Å². The van der Waals surface area contributed by atoms with Crippen LogP contribution in [0, 0.1) is 5.92 Å². The number of guanidine groups is 1. The molecule has 2 fully saturated rings. The predicted octanol–water partition coefficient (Wildman–Crippen LogP) is 3.03. The average Bonchev–Trinajstić information content (AvgIpc) is 3.31. The first-order chi connectivity index (χ1) is 12.1. The molecule has 25 heavy (non-hydrogen) atoms. The Bertz CT molecular complexity index is 534. The summed E-state index contributed by atoms with van der Waals surface area (Å²) in [6.45, 7) is 9.93. The minimum atomic E-state index is 0.471. The van der Waals surface area contributed by atoms with Crippen molar-refractivity contribution in [3.05, 3.63) is 24.2 Å². The number of likely N-dealkylation sites (tertiary alicyclic amines) is 1. The van der Waals surface area contributed by atoms with E-state index in [1.165, 1.54) is 32.2 Å². The molecule has 1 aromatic heterocycles. The third kappa shape index (κ3) is 5.24. The number of hydrogen-bond acceptors (Lipinski definition) is 3. The van der Waals surface area contributed by atoms with Gasteiger partial charge in [-0.1, -0.05) is 19.8 Å². The lowest BCUT2D eigenvalue weighted by Crippen LogP contribution is -2.49. The summed E-state index contributed by atoms with van der Waals surface area (Å²) in [7, 11) is 0. The molecular formula is C20H34N4O. The van der Waals surface area contributed by atoms with Crippen molar-refractivity contribution in [1.82, 2.24) is 15.5 Å². The zero-order valence-electron chi connectivity index (χ0n) is 16.0. The third-order valence-electron chi connectivity index (χ3n) is 5.60. The van der Waals surface area contributed by atoms with Crippen LogP contribution in [-0.2, 0) is 6.42 Å². The van der Waals surface area contributed by atoms with E-state index in [0.717, 1.165) is 31.2 Å². The van der Waals surface area contributed by atoms with Gasteiger partial charge in [-0.05, 0) is 44.7 Å². The van der Waals surface area contributed by atoms with Crippen LogP contribution in [0.25, 0.3) is 0 Å². The fraction of sp³-hybridized carbons (Fsp3) is 0.750. The van der Waals surface area contributed by atoms with Gasteiger partial charge < -0.3 is 15.1 Å². The third-order valence-corrected chi connectivity index (χ3v) is 5.60. The molecule has 5 nitrogen and oxygen atoms in total. The van der Waals surface area contributed by atoms with Crippen LogP contribution in [0.15, 0.2) is 27.8 Å². The first kappa shape index (κ1) is 18.3.